The highest BCUT2D eigenvalue weighted by Gasteiger charge is 2.36. The molecule has 1 aliphatic rings. The molecule has 0 unspecified atom stereocenters. The normalized spacial score (nSPS) is 13.4. The van der Waals surface area contributed by atoms with Crippen LogP contribution in [0.1, 0.15) is 24.0 Å². The summed E-state index contributed by atoms with van der Waals surface area (Å²) in [5.41, 5.74) is 2.28. The minimum Gasteiger partial charge on any atom is -0.337 e. The number of aryl methyl sites for hydroxylation is 1. The van der Waals surface area contributed by atoms with Crippen LogP contribution in [0.25, 0.3) is 0 Å². The Morgan fingerprint density at radius 2 is 1.63 bits per heavy atom. The fourth-order valence-electron chi connectivity index (χ4n) is 2.67. The molecule has 160 valence electrons. The van der Waals surface area contributed by atoms with E-state index in [-0.39, 0.29) is 6.54 Å². The highest BCUT2D eigenvalue weighted by molar-refractivity contribution is 7.90. The number of amides is 4. The van der Waals surface area contributed by atoms with E-state index >= 15 is 0 Å². The molecule has 0 aliphatic heterocycles. The number of hydrogen-bond acceptors (Lipinski definition) is 4. The van der Waals surface area contributed by atoms with Crippen molar-refractivity contribution in [1.29, 1.82) is 0 Å². The first-order valence-corrected chi connectivity index (χ1v) is 11.0. The maximum atomic E-state index is 13.5. The van der Waals surface area contributed by atoms with Crippen LogP contribution in [0.2, 0.25) is 0 Å². The lowest BCUT2D eigenvalue weighted by molar-refractivity contribution is 0.246. The molecule has 1 saturated carbocycles. The van der Waals surface area contributed by atoms with Crippen molar-refractivity contribution in [2.75, 3.05) is 17.2 Å². The Morgan fingerprint density at radius 1 is 1.00 bits per heavy atom. The van der Waals surface area contributed by atoms with E-state index in [1.807, 2.05) is 4.72 Å². The zero-order valence-corrected chi connectivity index (χ0v) is 17.2. The largest absolute Gasteiger partial charge is 0.337 e. The zero-order chi connectivity index (χ0) is 21.7. The van der Waals surface area contributed by atoms with Gasteiger partial charge in [0.1, 0.15) is 5.82 Å². The molecule has 0 radical (unpaired) electrons. The van der Waals surface area contributed by atoms with Gasteiger partial charge in [0.25, 0.3) is 0 Å². The first-order chi connectivity index (χ1) is 14.2. The molecule has 1 fully saturated rings. The van der Waals surface area contributed by atoms with Crippen molar-refractivity contribution in [1.82, 2.24) is 10.0 Å². The van der Waals surface area contributed by atoms with E-state index in [9.17, 15) is 22.4 Å². The van der Waals surface area contributed by atoms with Crippen molar-refractivity contribution in [3.05, 3.63) is 59.4 Å². The molecule has 0 aromatic heterocycles. The summed E-state index contributed by atoms with van der Waals surface area (Å²) >= 11 is 0. The molecular formula is C20H23FN4O4S. The first kappa shape index (κ1) is 21.6. The second kappa shape index (κ2) is 9.12. The first-order valence-electron chi connectivity index (χ1n) is 9.45. The SMILES string of the molecule is Cc1ccc(NC(=O)Nc2ccc(CCNC(=O)NS(=O)(=O)C3CC3)cc2)cc1F. The fraction of sp³-hybridized carbons (Fsp3) is 0.300. The molecule has 0 spiro atoms. The molecule has 3 rings (SSSR count). The van der Waals surface area contributed by atoms with Gasteiger partial charge in [-0.05, 0) is 61.6 Å². The molecule has 0 heterocycles. The third-order valence-corrected chi connectivity index (χ3v) is 6.36. The monoisotopic (exact) mass is 434 g/mol. The molecule has 1 aliphatic carbocycles. The van der Waals surface area contributed by atoms with Crippen molar-refractivity contribution in [3.8, 4) is 0 Å². The van der Waals surface area contributed by atoms with Crippen LogP contribution in [0.4, 0.5) is 25.4 Å². The molecular weight excluding hydrogens is 411 g/mol. The number of halogens is 1. The van der Waals surface area contributed by atoms with E-state index in [0.29, 0.717) is 36.2 Å². The lowest BCUT2D eigenvalue weighted by Crippen LogP contribution is -2.41. The molecule has 4 amide bonds. The van der Waals surface area contributed by atoms with E-state index < -0.39 is 33.2 Å². The van der Waals surface area contributed by atoms with Gasteiger partial charge in [-0.3, -0.25) is 0 Å². The van der Waals surface area contributed by atoms with Gasteiger partial charge in [-0.25, -0.2) is 27.1 Å². The second-order valence-electron chi connectivity index (χ2n) is 7.09. The summed E-state index contributed by atoms with van der Waals surface area (Å²) in [5, 5.41) is 7.27. The van der Waals surface area contributed by atoms with E-state index in [4.69, 9.17) is 0 Å². The van der Waals surface area contributed by atoms with Crippen LogP contribution in [0.5, 0.6) is 0 Å². The highest BCUT2D eigenvalue weighted by Crippen LogP contribution is 2.27. The van der Waals surface area contributed by atoms with Gasteiger partial charge in [0.05, 0.1) is 5.25 Å². The number of carbonyl (C=O) groups is 2. The Balaban J connectivity index is 1.42. The van der Waals surface area contributed by atoms with Crippen LogP contribution in [0.3, 0.4) is 0 Å². The Kier molecular flexibility index (Phi) is 6.56. The predicted molar refractivity (Wildman–Crippen MR) is 112 cm³/mol. The van der Waals surface area contributed by atoms with Crippen LogP contribution < -0.4 is 20.7 Å². The van der Waals surface area contributed by atoms with E-state index in [0.717, 1.165) is 5.56 Å². The minimum atomic E-state index is -3.55. The average Bonchev–Trinajstić information content (AvgIpc) is 3.52. The molecule has 4 N–H and O–H groups in total. The molecule has 8 nitrogen and oxygen atoms in total. The van der Waals surface area contributed by atoms with Crippen LogP contribution in [-0.4, -0.2) is 32.3 Å². The Labute approximate surface area is 174 Å². The van der Waals surface area contributed by atoms with Gasteiger partial charge in [0.15, 0.2) is 0 Å². The summed E-state index contributed by atoms with van der Waals surface area (Å²) in [6, 6.07) is 10.2. The number of nitrogens with one attached hydrogen (secondary N) is 4. The van der Waals surface area contributed by atoms with Crippen LogP contribution >= 0.6 is 0 Å². The van der Waals surface area contributed by atoms with Crippen molar-refractivity contribution in [3.63, 3.8) is 0 Å². The smallest absolute Gasteiger partial charge is 0.328 e. The van der Waals surface area contributed by atoms with Crippen molar-refractivity contribution >= 4 is 33.5 Å². The molecule has 2 aromatic rings. The summed E-state index contributed by atoms with van der Waals surface area (Å²) in [4.78, 5) is 23.7. The Bertz CT molecular complexity index is 1040. The Morgan fingerprint density at radius 3 is 2.27 bits per heavy atom. The molecule has 10 heteroatoms. The van der Waals surface area contributed by atoms with Crippen molar-refractivity contribution < 1.29 is 22.4 Å². The van der Waals surface area contributed by atoms with Crippen molar-refractivity contribution in [2.45, 2.75) is 31.4 Å². The number of sulfonamides is 1. The third kappa shape index (κ3) is 6.18. The highest BCUT2D eigenvalue weighted by atomic mass is 32.2. The summed E-state index contributed by atoms with van der Waals surface area (Å²) in [6.45, 7) is 1.90. The van der Waals surface area contributed by atoms with Gasteiger partial charge in [-0.15, -0.1) is 0 Å². The number of rotatable bonds is 7. The minimum absolute atomic E-state index is 0.262. The summed E-state index contributed by atoms with van der Waals surface area (Å²) in [5.74, 6) is -0.399. The second-order valence-corrected chi connectivity index (χ2v) is 9.05. The summed E-state index contributed by atoms with van der Waals surface area (Å²) in [7, 11) is -3.55. The van der Waals surface area contributed by atoms with E-state index in [1.165, 1.54) is 6.07 Å². The van der Waals surface area contributed by atoms with Gasteiger partial charge < -0.3 is 16.0 Å². The van der Waals surface area contributed by atoms with Gasteiger partial charge in [0, 0.05) is 17.9 Å². The average molecular weight is 434 g/mol. The number of benzene rings is 2. The Hall–Kier alpha value is -3.14. The maximum absolute atomic E-state index is 13.5. The van der Waals surface area contributed by atoms with Gasteiger partial charge >= 0.3 is 12.1 Å². The maximum Gasteiger partial charge on any atom is 0.328 e. The van der Waals surface area contributed by atoms with E-state index in [2.05, 4.69) is 16.0 Å². The van der Waals surface area contributed by atoms with Crippen LogP contribution in [-0.2, 0) is 16.4 Å². The molecule has 0 saturated heterocycles. The molecule has 0 bridgehead atoms. The molecule has 30 heavy (non-hydrogen) atoms. The lowest BCUT2D eigenvalue weighted by Gasteiger charge is -2.10. The summed E-state index contributed by atoms with van der Waals surface area (Å²) in [6.07, 6.45) is 1.66. The number of anilines is 2. The molecule has 0 atom stereocenters. The number of hydrogen-bond donors (Lipinski definition) is 4. The number of carbonyl (C=O) groups excluding carboxylic acids is 2. The van der Waals surface area contributed by atoms with Crippen LogP contribution in [0, 0.1) is 12.7 Å². The summed E-state index contributed by atoms with van der Waals surface area (Å²) < 4.78 is 38.9. The zero-order valence-electron chi connectivity index (χ0n) is 16.4. The lowest BCUT2D eigenvalue weighted by atomic mass is 10.1. The topological polar surface area (TPSA) is 116 Å². The van der Waals surface area contributed by atoms with Gasteiger partial charge in [-0.2, -0.15) is 0 Å². The third-order valence-electron chi connectivity index (χ3n) is 4.54. The quantitative estimate of drug-likeness (QED) is 0.536. The van der Waals surface area contributed by atoms with Gasteiger partial charge in [0.2, 0.25) is 10.0 Å². The van der Waals surface area contributed by atoms with E-state index in [1.54, 1.807) is 43.3 Å². The standard InChI is InChI=1S/C20H23FN4O4S/c1-13-2-5-16(12-18(13)21)24-20(27)23-15-6-3-14(4-7-15)10-11-22-19(26)25-30(28,29)17-8-9-17/h2-7,12,17H,8-11H2,1H3,(H2,22,25,26)(H2,23,24,27). The van der Waals surface area contributed by atoms with Crippen LogP contribution in [0.15, 0.2) is 42.5 Å². The van der Waals surface area contributed by atoms with Crippen molar-refractivity contribution in [2.24, 2.45) is 0 Å². The molecule has 2 aromatic carbocycles. The van der Waals surface area contributed by atoms with Gasteiger partial charge in [-0.1, -0.05) is 18.2 Å². The number of urea groups is 2. The predicted octanol–water partition coefficient (Wildman–Crippen LogP) is 3.11. The fourth-order valence-corrected chi connectivity index (χ4v) is 3.92.